The van der Waals surface area contributed by atoms with Crippen LogP contribution in [0, 0.1) is 0 Å². The van der Waals surface area contributed by atoms with Crippen LogP contribution in [0.3, 0.4) is 0 Å². The summed E-state index contributed by atoms with van der Waals surface area (Å²) in [6.07, 6.45) is 0.282. The number of carboxylic acids is 1. The van der Waals surface area contributed by atoms with Gasteiger partial charge in [0.05, 0.1) is 32.3 Å². The van der Waals surface area contributed by atoms with E-state index in [2.05, 4.69) is 0 Å². The van der Waals surface area contributed by atoms with Gasteiger partial charge in [-0.25, -0.2) is 4.79 Å². The summed E-state index contributed by atoms with van der Waals surface area (Å²) in [5.74, 6) is -1.22. The molecule has 6 nitrogen and oxygen atoms in total. The number of nitrogens with zero attached hydrogens (tertiary/aromatic N) is 1. The summed E-state index contributed by atoms with van der Waals surface area (Å²) >= 11 is 0. The number of aliphatic carboxylic acids is 1. The third-order valence-corrected chi connectivity index (χ3v) is 2.50. The Balaban J connectivity index is 2.45. The molecule has 0 aliphatic carbocycles. The van der Waals surface area contributed by atoms with Crippen LogP contribution in [0.1, 0.15) is 20.3 Å². The van der Waals surface area contributed by atoms with E-state index in [0.29, 0.717) is 19.8 Å². The lowest BCUT2D eigenvalue weighted by atomic mass is 10.2. The van der Waals surface area contributed by atoms with Crippen molar-refractivity contribution < 1.29 is 24.2 Å². The largest absolute Gasteiger partial charge is 0.480 e. The van der Waals surface area contributed by atoms with Crippen LogP contribution in [0.4, 0.5) is 0 Å². The molecule has 6 heteroatoms. The number of amides is 1. The fraction of sp³-hybridized carbons (Fsp3) is 0.818. The normalized spacial score (nSPS) is 20.6. The first kappa shape index (κ1) is 13.9. The van der Waals surface area contributed by atoms with E-state index >= 15 is 0 Å². The highest BCUT2D eigenvalue weighted by atomic mass is 16.5. The van der Waals surface area contributed by atoms with Gasteiger partial charge >= 0.3 is 5.97 Å². The average Bonchev–Trinajstić information content (AvgIpc) is 2.28. The summed E-state index contributed by atoms with van der Waals surface area (Å²) in [4.78, 5) is 24.1. The van der Waals surface area contributed by atoms with Gasteiger partial charge in [0.25, 0.3) is 0 Å². The van der Waals surface area contributed by atoms with Gasteiger partial charge in [0.1, 0.15) is 0 Å². The van der Waals surface area contributed by atoms with E-state index in [9.17, 15) is 9.59 Å². The van der Waals surface area contributed by atoms with Gasteiger partial charge in [0, 0.05) is 6.54 Å². The quantitative estimate of drug-likeness (QED) is 0.744. The molecule has 98 valence electrons. The minimum atomic E-state index is -1.03. The number of rotatable bonds is 5. The number of carboxylic acid groups (broad SMARTS) is 1. The van der Waals surface area contributed by atoms with Crippen molar-refractivity contribution in [2.75, 3.05) is 26.4 Å². The van der Waals surface area contributed by atoms with Crippen LogP contribution in [0.15, 0.2) is 0 Å². The van der Waals surface area contributed by atoms with Crippen LogP contribution >= 0.6 is 0 Å². The van der Waals surface area contributed by atoms with E-state index in [-0.39, 0.29) is 25.0 Å². The molecule has 1 N–H and O–H groups in total. The zero-order chi connectivity index (χ0) is 12.8. The maximum Gasteiger partial charge on any atom is 0.328 e. The third-order valence-electron chi connectivity index (χ3n) is 2.50. The minimum Gasteiger partial charge on any atom is -0.480 e. The Bertz CT molecular complexity index is 279. The van der Waals surface area contributed by atoms with Crippen molar-refractivity contribution in [3.8, 4) is 0 Å². The Morgan fingerprint density at radius 1 is 1.53 bits per heavy atom. The van der Waals surface area contributed by atoms with Crippen molar-refractivity contribution in [1.29, 1.82) is 0 Å². The maximum absolute atomic E-state index is 11.8. The second-order valence-corrected chi connectivity index (χ2v) is 4.19. The third kappa shape index (κ3) is 4.32. The van der Waals surface area contributed by atoms with Crippen molar-refractivity contribution in [3.05, 3.63) is 0 Å². The molecule has 0 saturated carbocycles. The first-order valence-electron chi connectivity index (χ1n) is 5.74. The molecule has 1 amide bonds. The standard InChI is InChI=1S/C11H19NO5/c1-8(2)17-5-3-10(13)12-4-6-16-7-9(12)11(14)15/h8-9H,3-7H2,1-2H3,(H,14,15)/t9-/m1/s1. The first-order valence-corrected chi connectivity index (χ1v) is 5.74. The maximum atomic E-state index is 11.8. The van der Waals surface area contributed by atoms with Crippen molar-refractivity contribution in [1.82, 2.24) is 4.90 Å². The number of morpholine rings is 1. The monoisotopic (exact) mass is 245 g/mol. The van der Waals surface area contributed by atoms with E-state index in [1.165, 1.54) is 4.90 Å². The topological polar surface area (TPSA) is 76.1 Å². The van der Waals surface area contributed by atoms with Crippen LogP contribution in [-0.4, -0.2) is 60.4 Å². The second-order valence-electron chi connectivity index (χ2n) is 4.19. The van der Waals surface area contributed by atoms with Gasteiger partial charge in [-0.05, 0) is 13.8 Å². The highest BCUT2D eigenvalue weighted by Gasteiger charge is 2.32. The lowest BCUT2D eigenvalue weighted by molar-refractivity contribution is -0.158. The van der Waals surface area contributed by atoms with Gasteiger partial charge in [-0.1, -0.05) is 0 Å². The summed E-state index contributed by atoms with van der Waals surface area (Å²) in [5.41, 5.74) is 0. The molecule has 1 saturated heterocycles. The molecule has 1 rings (SSSR count). The number of ether oxygens (including phenoxy) is 2. The summed E-state index contributed by atoms with van der Waals surface area (Å²) < 4.78 is 10.3. The Labute approximate surface area is 100 Å². The van der Waals surface area contributed by atoms with Crippen LogP contribution < -0.4 is 0 Å². The highest BCUT2D eigenvalue weighted by molar-refractivity contribution is 5.84. The van der Waals surface area contributed by atoms with Crippen LogP contribution in [0.25, 0.3) is 0 Å². The Hall–Kier alpha value is -1.14. The lowest BCUT2D eigenvalue weighted by Crippen LogP contribution is -2.52. The zero-order valence-electron chi connectivity index (χ0n) is 10.2. The molecular weight excluding hydrogens is 226 g/mol. The van der Waals surface area contributed by atoms with Crippen LogP contribution in [-0.2, 0) is 19.1 Å². The van der Waals surface area contributed by atoms with Crippen molar-refractivity contribution in [2.24, 2.45) is 0 Å². The molecule has 0 aromatic carbocycles. The fourth-order valence-electron chi connectivity index (χ4n) is 1.63. The summed E-state index contributed by atoms with van der Waals surface area (Å²) in [6.45, 7) is 4.88. The molecule has 1 fully saturated rings. The highest BCUT2D eigenvalue weighted by Crippen LogP contribution is 2.09. The molecule has 0 bridgehead atoms. The predicted molar refractivity (Wildman–Crippen MR) is 59.7 cm³/mol. The Kier molecular flexibility index (Phi) is 5.37. The van der Waals surface area contributed by atoms with Gasteiger partial charge in [-0.2, -0.15) is 0 Å². The average molecular weight is 245 g/mol. The smallest absolute Gasteiger partial charge is 0.328 e. The molecule has 0 aromatic rings. The Morgan fingerprint density at radius 2 is 2.24 bits per heavy atom. The number of hydrogen-bond donors (Lipinski definition) is 1. The van der Waals surface area contributed by atoms with Gasteiger partial charge in [-0.15, -0.1) is 0 Å². The molecule has 0 unspecified atom stereocenters. The summed E-state index contributed by atoms with van der Waals surface area (Å²) in [7, 11) is 0. The number of carbonyl (C=O) groups excluding carboxylic acids is 1. The number of carbonyl (C=O) groups is 2. The van der Waals surface area contributed by atoms with Gasteiger partial charge in [-0.3, -0.25) is 4.79 Å². The van der Waals surface area contributed by atoms with Crippen LogP contribution in [0.2, 0.25) is 0 Å². The van der Waals surface area contributed by atoms with E-state index in [1.807, 2.05) is 13.8 Å². The van der Waals surface area contributed by atoms with Crippen LogP contribution in [0.5, 0.6) is 0 Å². The van der Waals surface area contributed by atoms with Gasteiger partial charge in [0.2, 0.25) is 5.91 Å². The molecule has 1 heterocycles. The van der Waals surface area contributed by atoms with E-state index in [0.717, 1.165) is 0 Å². The predicted octanol–water partition coefficient (Wildman–Crippen LogP) is 0.114. The molecule has 1 aliphatic rings. The zero-order valence-corrected chi connectivity index (χ0v) is 10.2. The minimum absolute atomic E-state index is 0.0616. The molecule has 17 heavy (non-hydrogen) atoms. The molecule has 1 atom stereocenters. The lowest BCUT2D eigenvalue weighted by Gasteiger charge is -2.32. The summed E-state index contributed by atoms with van der Waals surface area (Å²) in [5, 5.41) is 8.97. The van der Waals surface area contributed by atoms with Gasteiger partial charge < -0.3 is 19.5 Å². The second kappa shape index (κ2) is 6.56. The summed E-state index contributed by atoms with van der Waals surface area (Å²) in [6, 6.07) is -0.865. The molecular formula is C11H19NO5. The molecule has 0 radical (unpaired) electrons. The number of hydrogen-bond acceptors (Lipinski definition) is 4. The fourth-order valence-corrected chi connectivity index (χ4v) is 1.63. The molecule has 0 spiro atoms. The van der Waals surface area contributed by atoms with E-state index in [1.54, 1.807) is 0 Å². The van der Waals surface area contributed by atoms with E-state index in [4.69, 9.17) is 14.6 Å². The molecule has 0 aromatic heterocycles. The first-order chi connectivity index (χ1) is 8.02. The van der Waals surface area contributed by atoms with Crippen molar-refractivity contribution in [3.63, 3.8) is 0 Å². The SMILES string of the molecule is CC(C)OCCC(=O)N1CCOC[C@@H]1C(=O)O. The van der Waals surface area contributed by atoms with Gasteiger partial charge in [0.15, 0.2) is 6.04 Å². The van der Waals surface area contributed by atoms with Crippen molar-refractivity contribution in [2.45, 2.75) is 32.4 Å². The van der Waals surface area contributed by atoms with E-state index < -0.39 is 12.0 Å². The molecule has 1 aliphatic heterocycles. The van der Waals surface area contributed by atoms with Crippen molar-refractivity contribution >= 4 is 11.9 Å². The Morgan fingerprint density at radius 3 is 2.82 bits per heavy atom.